The van der Waals surface area contributed by atoms with Crippen molar-refractivity contribution in [1.29, 1.82) is 0 Å². The molecular weight excluding hydrogens is 202 g/mol. The molecule has 0 amide bonds. The van der Waals surface area contributed by atoms with Gasteiger partial charge in [0.05, 0.1) is 0 Å². The molecule has 1 aliphatic rings. The zero-order valence-electron chi connectivity index (χ0n) is 9.99. The Labute approximate surface area is 96.4 Å². The third-order valence-corrected chi connectivity index (χ3v) is 3.20. The average Bonchev–Trinajstić information content (AvgIpc) is 3.07. The first-order valence-electron chi connectivity index (χ1n) is 5.76. The number of methoxy groups -OCH3 is 1. The summed E-state index contributed by atoms with van der Waals surface area (Å²) in [6.45, 7) is 3.79. The highest BCUT2D eigenvalue weighted by Gasteiger charge is 2.41. The highest BCUT2D eigenvalue weighted by atomic mass is 16.5. The Morgan fingerprint density at radius 3 is 2.62 bits per heavy atom. The van der Waals surface area contributed by atoms with Gasteiger partial charge in [-0.2, -0.15) is 0 Å². The molecule has 0 radical (unpaired) electrons. The van der Waals surface area contributed by atoms with E-state index in [2.05, 4.69) is 15.3 Å². The van der Waals surface area contributed by atoms with Crippen molar-refractivity contribution in [2.24, 2.45) is 5.41 Å². The molecule has 88 valence electrons. The number of rotatable bonds is 6. The lowest BCUT2D eigenvalue weighted by molar-refractivity contribution is 0.175. The van der Waals surface area contributed by atoms with Gasteiger partial charge in [0.2, 0.25) is 5.95 Å². The van der Waals surface area contributed by atoms with E-state index in [4.69, 9.17) is 4.74 Å². The Hall–Kier alpha value is -1.16. The van der Waals surface area contributed by atoms with Crippen LogP contribution in [0.5, 0.6) is 0 Å². The van der Waals surface area contributed by atoms with Gasteiger partial charge in [-0.05, 0) is 37.2 Å². The number of nitrogens with one attached hydrogen (secondary N) is 1. The monoisotopic (exact) mass is 221 g/mol. The Morgan fingerprint density at radius 1 is 1.38 bits per heavy atom. The van der Waals surface area contributed by atoms with Crippen LogP contribution in [0.25, 0.3) is 0 Å². The lowest BCUT2D eigenvalue weighted by atomic mass is 10.0. The molecule has 1 aromatic heterocycles. The molecule has 1 N–H and O–H groups in total. The maximum Gasteiger partial charge on any atom is 0.222 e. The van der Waals surface area contributed by atoms with Gasteiger partial charge in [0.15, 0.2) is 0 Å². The zero-order chi connectivity index (χ0) is 11.4. The molecule has 0 saturated heterocycles. The predicted octanol–water partition coefficient (Wildman–Crippen LogP) is 2.01. The minimum Gasteiger partial charge on any atom is -0.385 e. The van der Waals surface area contributed by atoms with E-state index in [1.165, 1.54) is 12.8 Å². The van der Waals surface area contributed by atoms with Gasteiger partial charge >= 0.3 is 0 Å². The molecular formula is C12H19N3O. The maximum atomic E-state index is 5.13. The molecule has 2 rings (SSSR count). The number of aryl methyl sites for hydroxylation is 1. The minimum absolute atomic E-state index is 0.435. The topological polar surface area (TPSA) is 47.0 Å². The summed E-state index contributed by atoms with van der Waals surface area (Å²) in [7, 11) is 1.76. The van der Waals surface area contributed by atoms with Gasteiger partial charge in [-0.25, -0.2) is 9.97 Å². The first kappa shape index (κ1) is 11.3. The second kappa shape index (κ2) is 4.78. The number of hydrogen-bond acceptors (Lipinski definition) is 4. The molecule has 1 heterocycles. The second-order valence-corrected chi connectivity index (χ2v) is 4.68. The van der Waals surface area contributed by atoms with Crippen LogP contribution in [-0.2, 0) is 4.74 Å². The molecule has 16 heavy (non-hydrogen) atoms. The molecule has 0 aliphatic heterocycles. The number of anilines is 1. The van der Waals surface area contributed by atoms with E-state index in [0.29, 0.717) is 5.41 Å². The summed E-state index contributed by atoms with van der Waals surface area (Å²) in [6, 6.07) is 0. The third kappa shape index (κ3) is 2.92. The summed E-state index contributed by atoms with van der Waals surface area (Å²) >= 11 is 0. The van der Waals surface area contributed by atoms with Crippen molar-refractivity contribution in [2.75, 3.05) is 25.6 Å². The van der Waals surface area contributed by atoms with Gasteiger partial charge in [0.1, 0.15) is 0 Å². The van der Waals surface area contributed by atoms with Crippen LogP contribution in [-0.4, -0.2) is 30.2 Å². The van der Waals surface area contributed by atoms with Crippen LogP contribution in [0, 0.1) is 12.3 Å². The Morgan fingerprint density at radius 2 is 2.06 bits per heavy atom. The molecule has 1 saturated carbocycles. The highest BCUT2D eigenvalue weighted by molar-refractivity contribution is 5.25. The molecule has 0 aromatic carbocycles. The van der Waals surface area contributed by atoms with Crippen LogP contribution in [0.15, 0.2) is 12.4 Å². The number of ether oxygens (including phenoxy) is 1. The normalized spacial score (nSPS) is 17.1. The quantitative estimate of drug-likeness (QED) is 0.798. The third-order valence-electron chi connectivity index (χ3n) is 3.20. The summed E-state index contributed by atoms with van der Waals surface area (Å²) in [5.41, 5.74) is 1.52. The van der Waals surface area contributed by atoms with Gasteiger partial charge in [0.25, 0.3) is 0 Å². The van der Waals surface area contributed by atoms with Crippen LogP contribution < -0.4 is 5.32 Å². The summed E-state index contributed by atoms with van der Waals surface area (Å²) in [6.07, 6.45) is 7.38. The highest BCUT2D eigenvalue weighted by Crippen LogP contribution is 2.48. The number of nitrogens with zero attached hydrogens (tertiary/aromatic N) is 2. The van der Waals surface area contributed by atoms with Crippen LogP contribution in [0.1, 0.15) is 24.8 Å². The van der Waals surface area contributed by atoms with Gasteiger partial charge in [-0.3, -0.25) is 0 Å². The SMILES string of the molecule is COCCC1(CNc2ncc(C)cn2)CC1. The molecule has 1 aromatic rings. The summed E-state index contributed by atoms with van der Waals surface area (Å²) in [5, 5.41) is 3.31. The second-order valence-electron chi connectivity index (χ2n) is 4.68. The number of aromatic nitrogens is 2. The van der Waals surface area contributed by atoms with Crippen LogP contribution in [0.3, 0.4) is 0 Å². The molecule has 1 aliphatic carbocycles. The fourth-order valence-corrected chi connectivity index (χ4v) is 1.76. The summed E-state index contributed by atoms with van der Waals surface area (Å²) in [4.78, 5) is 8.47. The van der Waals surface area contributed by atoms with Crippen molar-refractivity contribution in [3.63, 3.8) is 0 Å². The van der Waals surface area contributed by atoms with E-state index >= 15 is 0 Å². The number of hydrogen-bond donors (Lipinski definition) is 1. The standard InChI is InChI=1S/C12H19N3O/c1-10-7-13-11(14-8-10)15-9-12(3-4-12)5-6-16-2/h7-8H,3-6,9H2,1-2H3,(H,13,14,15). The molecule has 0 spiro atoms. The average molecular weight is 221 g/mol. The van der Waals surface area contributed by atoms with Gasteiger partial charge in [-0.15, -0.1) is 0 Å². The van der Waals surface area contributed by atoms with Crippen molar-refractivity contribution in [1.82, 2.24) is 9.97 Å². The van der Waals surface area contributed by atoms with E-state index in [9.17, 15) is 0 Å². The van der Waals surface area contributed by atoms with Crippen molar-refractivity contribution in [2.45, 2.75) is 26.2 Å². The van der Waals surface area contributed by atoms with Crippen molar-refractivity contribution in [3.8, 4) is 0 Å². The van der Waals surface area contributed by atoms with E-state index in [-0.39, 0.29) is 0 Å². The van der Waals surface area contributed by atoms with Crippen LogP contribution in [0.4, 0.5) is 5.95 Å². The van der Waals surface area contributed by atoms with Crippen LogP contribution >= 0.6 is 0 Å². The van der Waals surface area contributed by atoms with E-state index < -0.39 is 0 Å². The fraction of sp³-hybridized carbons (Fsp3) is 0.667. The molecule has 0 unspecified atom stereocenters. The lowest BCUT2D eigenvalue weighted by Gasteiger charge is -2.15. The zero-order valence-corrected chi connectivity index (χ0v) is 9.99. The van der Waals surface area contributed by atoms with Crippen LogP contribution in [0.2, 0.25) is 0 Å². The van der Waals surface area contributed by atoms with E-state index in [0.717, 1.165) is 31.1 Å². The predicted molar refractivity (Wildman–Crippen MR) is 63.4 cm³/mol. The van der Waals surface area contributed by atoms with Gasteiger partial charge in [0, 0.05) is 32.7 Å². The minimum atomic E-state index is 0.435. The lowest BCUT2D eigenvalue weighted by Crippen LogP contribution is -2.18. The maximum absolute atomic E-state index is 5.13. The van der Waals surface area contributed by atoms with Gasteiger partial charge < -0.3 is 10.1 Å². The smallest absolute Gasteiger partial charge is 0.222 e. The molecule has 4 nitrogen and oxygen atoms in total. The molecule has 0 atom stereocenters. The fourth-order valence-electron chi connectivity index (χ4n) is 1.76. The molecule has 1 fully saturated rings. The van der Waals surface area contributed by atoms with Gasteiger partial charge in [-0.1, -0.05) is 0 Å². The largest absolute Gasteiger partial charge is 0.385 e. The van der Waals surface area contributed by atoms with E-state index in [1.54, 1.807) is 7.11 Å². The summed E-state index contributed by atoms with van der Waals surface area (Å²) < 4.78 is 5.13. The van der Waals surface area contributed by atoms with Crippen molar-refractivity contribution >= 4 is 5.95 Å². The Kier molecular flexibility index (Phi) is 3.39. The summed E-state index contributed by atoms with van der Waals surface area (Å²) in [5.74, 6) is 0.731. The molecule has 0 bridgehead atoms. The first-order valence-corrected chi connectivity index (χ1v) is 5.76. The van der Waals surface area contributed by atoms with E-state index in [1.807, 2.05) is 19.3 Å². The first-order chi connectivity index (χ1) is 7.74. The van der Waals surface area contributed by atoms with Crippen molar-refractivity contribution < 1.29 is 4.74 Å². The Bertz CT molecular complexity index is 333. The Balaban J connectivity index is 1.81. The molecule has 4 heteroatoms. The van der Waals surface area contributed by atoms with Crippen molar-refractivity contribution in [3.05, 3.63) is 18.0 Å².